The molecule has 1 N–H and O–H groups in total. The number of anilines is 1. The zero-order valence-electron chi connectivity index (χ0n) is 8.88. The van der Waals surface area contributed by atoms with Crippen LogP contribution in [0.15, 0.2) is 30.6 Å². The SMILES string of the molecule is CCNc1c(C#N)cnn1-c1ccccn1. The van der Waals surface area contributed by atoms with Gasteiger partial charge in [0.05, 0.1) is 6.20 Å². The Morgan fingerprint density at radius 3 is 3.00 bits per heavy atom. The molecule has 0 aliphatic rings. The Morgan fingerprint density at radius 1 is 1.50 bits per heavy atom. The normalized spacial score (nSPS) is 9.75. The van der Waals surface area contributed by atoms with Crippen molar-refractivity contribution in [2.45, 2.75) is 6.92 Å². The van der Waals surface area contributed by atoms with Gasteiger partial charge in [-0.05, 0) is 19.1 Å². The van der Waals surface area contributed by atoms with Crippen LogP contribution in [0.4, 0.5) is 5.82 Å². The monoisotopic (exact) mass is 213 g/mol. The molecule has 2 heterocycles. The summed E-state index contributed by atoms with van der Waals surface area (Å²) < 4.78 is 1.63. The number of nitrogens with zero attached hydrogens (tertiary/aromatic N) is 4. The summed E-state index contributed by atoms with van der Waals surface area (Å²) in [5.74, 6) is 1.38. The largest absolute Gasteiger partial charge is 0.369 e. The van der Waals surface area contributed by atoms with E-state index in [2.05, 4.69) is 21.5 Å². The summed E-state index contributed by atoms with van der Waals surface area (Å²) in [6.45, 7) is 2.70. The first kappa shape index (κ1) is 10.2. The van der Waals surface area contributed by atoms with Crippen LogP contribution in [-0.4, -0.2) is 21.3 Å². The highest BCUT2D eigenvalue weighted by Crippen LogP contribution is 2.17. The zero-order chi connectivity index (χ0) is 11.4. The molecule has 2 aromatic rings. The van der Waals surface area contributed by atoms with E-state index < -0.39 is 0 Å². The van der Waals surface area contributed by atoms with Gasteiger partial charge < -0.3 is 5.32 Å². The number of nitrogens with one attached hydrogen (secondary N) is 1. The summed E-state index contributed by atoms with van der Waals surface area (Å²) in [4.78, 5) is 4.19. The Labute approximate surface area is 93.4 Å². The Morgan fingerprint density at radius 2 is 2.38 bits per heavy atom. The molecule has 5 nitrogen and oxygen atoms in total. The summed E-state index contributed by atoms with van der Waals surface area (Å²) in [7, 11) is 0. The van der Waals surface area contributed by atoms with Crippen molar-refractivity contribution in [1.29, 1.82) is 5.26 Å². The molecule has 0 bridgehead atoms. The van der Waals surface area contributed by atoms with Crippen LogP contribution in [-0.2, 0) is 0 Å². The predicted octanol–water partition coefficient (Wildman–Crippen LogP) is 1.57. The van der Waals surface area contributed by atoms with Crippen LogP contribution in [0.3, 0.4) is 0 Å². The lowest BCUT2D eigenvalue weighted by molar-refractivity contribution is 0.847. The molecular formula is C11H11N5. The molecule has 16 heavy (non-hydrogen) atoms. The lowest BCUT2D eigenvalue weighted by Crippen LogP contribution is -2.07. The van der Waals surface area contributed by atoms with E-state index in [4.69, 9.17) is 5.26 Å². The van der Waals surface area contributed by atoms with Crippen molar-refractivity contribution in [2.24, 2.45) is 0 Å². The molecule has 0 atom stereocenters. The molecule has 80 valence electrons. The third-order valence-electron chi connectivity index (χ3n) is 2.10. The molecule has 0 saturated carbocycles. The number of aromatic nitrogens is 3. The maximum atomic E-state index is 8.94. The minimum Gasteiger partial charge on any atom is -0.369 e. The molecule has 0 aliphatic carbocycles. The van der Waals surface area contributed by atoms with Gasteiger partial charge in [0.2, 0.25) is 0 Å². The van der Waals surface area contributed by atoms with Crippen molar-refractivity contribution < 1.29 is 0 Å². The highest BCUT2D eigenvalue weighted by Gasteiger charge is 2.11. The first-order valence-corrected chi connectivity index (χ1v) is 5.00. The molecule has 5 heteroatoms. The van der Waals surface area contributed by atoms with Crippen LogP contribution in [0.2, 0.25) is 0 Å². The van der Waals surface area contributed by atoms with Gasteiger partial charge in [-0.15, -0.1) is 0 Å². The number of hydrogen-bond donors (Lipinski definition) is 1. The van der Waals surface area contributed by atoms with Gasteiger partial charge in [0.25, 0.3) is 0 Å². The van der Waals surface area contributed by atoms with Crippen LogP contribution in [0.1, 0.15) is 12.5 Å². The fourth-order valence-electron chi connectivity index (χ4n) is 1.42. The van der Waals surface area contributed by atoms with Crippen LogP contribution in [0.25, 0.3) is 5.82 Å². The second kappa shape index (κ2) is 4.45. The molecule has 0 amide bonds. The summed E-state index contributed by atoms with van der Waals surface area (Å²) in [5.41, 5.74) is 0.521. The fourth-order valence-corrected chi connectivity index (χ4v) is 1.42. The van der Waals surface area contributed by atoms with Crippen molar-refractivity contribution >= 4 is 5.82 Å². The van der Waals surface area contributed by atoms with E-state index in [-0.39, 0.29) is 0 Å². The van der Waals surface area contributed by atoms with Gasteiger partial charge in [-0.25, -0.2) is 4.98 Å². The summed E-state index contributed by atoms with van der Waals surface area (Å²) >= 11 is 0. The maximum Gasteiger partial charge on any atom is 0.155 e. The molecule has 0 unspecified atom stereocenters. The maximum absolute atomic E-state index is 8.94. The predicted molar refractivity (Wildman–Crippen MR) is 60.2 cm³/mol. The minimum absolute atomic E-state index is 0.521. The van der Waals surface area contributed by atoms with Gasteiger partial charge in [0.15, 0.2) is 5.82 Å². The van der Waals surface area contributed by atoms with Crippen LogP contribution in [0, 0.1) is 11.3 Å². The van der Waals surface area contributed by atoms with Gasteiger partial charge in [0.1, 0.15) is 17.5 Å². The van der Waals surface area contributed by atoms with Crippen molar-refractivity contribution in [3.63, 3.8) is 0 Å². The molecular weight excluding hydrogens is 202 g/mol. The lowest BCUT2D eigenvalue weighted by atomic mass is 10.3. The molecule has 0 spiro atoms. The average molecular weight is 213 g/mol. The van der Waals surface area contributed by atoms with Gasteiger partial charge >= 0.3 is 0 Å². The highest BCUT2D eigenvalue weighted by atomic mass is 15.4. The molecule has 0 aliphatic heterocycles. The van der Waals surface area contributed by atoms with E-state index in [1.807, 2.05) is 25.1 Å². The molecule has 0 radical (unpaired) electrons. The first-order chi connectivity index (χ1) is 7.86. The minimum atomic E-state index is 0.521. The molecule has 2 rings (SSSR count). The van der Waals surface area contributed by atoms with Crippen molar-refractivity contribution in [3.05, 3.63) is 36.2 Å². The topological polar surface area (TPSA) is 66.5 Å². The van der Waals surface area contributed by atoms with Crippen LogP contribution < -0.4 is 5.32 Å². The third kappa shape index (κ3) is 1.73. The number of pyridine rings is 1. The molecule has 0 aromatic carbocycles. The summed E-state index contributed by atoms with van der Waals surface area (Å²) in [5, 5.41) is 16.2. The summed E-state index contributed by atoms with van der Waals surface area (Å²) in [6.07, 6.45) is 3.23. The zero-order valence-corrected chi connectivity index (χ0v) is 8.88. The molecule has 0 saturated heterocycles. The number of rotatable bonds is 3. The van der Waals surface area contributed by atoms with Gasteiger partial charge in [-0.2, -0.15) is 15.0 Å². The Balaban J connectivity index is 2.50. The Hall–Kier alpha value is -2.35. The lowest BCUT2D eigenvalue weighted by Gasteiger charge is -2.07. The Bertz CT molecular complexity index is 509. The quantitative estimate of drug-likeness (QED) is 0.840. The second-order valence-corrected chi connectivity index (χ2v) is 3.15. The van der Waals surface area contributed by atoms with Gasteiger partial charge in [0, 0.05) is 12.7 Å². The third-order valence-corrected chi connectivity index (χ3v) is 2.10. The van der Waals surface area contributed by atoms with Crippen molar-refractivity contribution in [2.75, 3.05) is 11.9 Å². The van der Waals surface area contributed by atoms with E-state index in [0.29, 0.717) is 17.2 Å². The van der Waals surface area contributed by atoms with E-state index >= 15 is 0 Å². The smallest absolute Gasteiger partial charge is 0.155 e. The first-order valence-electron chi connectivity index (χ1n) is 5.00. The van der Waals surface area contributed by atoms with E-state index in [1.54, 1.807) is 10.9 Å². The van der Waals surface area contributed by atoms with E-state index in [0.717, 1.165) is 6.54 Å². The van der Waals surface area contributed by atoms with Crippen molar-refractivity contribution in [3.8, 4) is 11.9 Å². The van der Waals surface area contributed by atoms with Gasteiger partial charge in [-0.1, -0.05) is 6.07 Å². The van der Waals surface area contributed by atoms with Gasteiger partial charge in [-0.3, -0.25) is 0 Å². The number of hydrogen-bond acceptors (Lipinski definition) is 4. The van der Waals surface area contributed by atoms with Crippen LogP contribution in [0.5, 0.6) is 0 Å². The molecule has 0 fully saturated rings. The van der Waals surface area contributed by atoms with Crippen molar-refractivity contribution in [1.82, 2.24) is 14.8 Å². The number of nitriles is 1. The van der Waals surface area contributed by atoms with E-state index in [1.165, 1.54) is 6.20 Å². The molecule has 2 aromatic heterocycles. The highest BCUT2D eigenvalue weighted by molar-refractivity contribution is 5.54. The summed E-state index contributed by atoms with van der Waals surface area (Å²) in [6, 6.07) is 7.66. The fraction of sp³-hybridized carbons (Fsp3) is 0.182. The standard InChI is InChI=1S/C11H11N5/c1-2-13-11-9(7-12)8-15-16(11)10-5-3-4-6-14-10/h3-6,8,13H,2H2,1H3. The average Bonchev–Trinajstić information content (AvgIpc) is 2.74. The second-order valence-electron chi connectivity index (χ2n) is 3.15. The van der Waals surface area contributed by atoms with E-state index in [9.17, 15) is 0 Å². The Kier molecular flexibility index (Phi) is 2.83. The van der Waals surface area contributed by atoms with Crippen LogP contribution >= 0.6 is 0 Å².